The third-order valence-electron chi connectivity index (χ3n) is 4.47. The molecule has 1 aliphatic carbocycles. The summed E-state index contributed by atoms with van der Waals surface area (Å²) < 4.78 is 5.25. The quantitative estimate of drug-likeness (QED) is 0.894. The minimum Gasteiger partial charge on any atom is -0.497 e. The van der Waals surface area contributed by atoms with Crippen LogP contribution in [0.25, 0.3) is 0 Å². The number of hydrogen-bond donors (Lipinski definition) is 1. The molecular weight excluding hydrogens is 236 g/mol. The summed E-state index contributed by atoms with van der Waals surface area (Å²) in [5, 5.41) is 10.9. The summed E-state index contributed by atoms with van der Waals surface area (Å²) in [4.78, 5) is 0. The molecule has 2 atom stereocenters. The Hall–Kier alpha value is -1.02. The van der Waals surface area contributed by atoms with E-state index in [1.54, 1.807) is 7.11 Å². The van der Waals surface area contributed by atoms with Gasteiger partial charge < -0.3 is 9.84 Å². The van der Waals surface area contributed by atoms with Crippen molar-refractivity contribution in [2.45, 2.75) is 51.6 Å². The van der Waals surface area contributed by atoms with Crippen molar-refractivity contribution in [3.8, 4) is 5.75 Å². The fourth-order valence-corrected chi connectivity index (χ4v) is 3.28. The number of hydrogen-bond acceptors (Lipinski definition) is 2. The van der Waals surface area contributed by atoms with E-state index < -0.39 is 5.60 Å². The first-order valence-corrected chi connectivity index (χ1v) is 7.38. The van der Waals surface area contributed by atoms with E-state index in [4.69, 9.17) is 4.74 Å². The fraction of sp³-hybridized carbons (Fsp3) is 0.647. The molecular formula is C17H26O2. The smallest absolute Gasteiger partial charge is 0.119 e. The minimum atomic E-state index is -0.528. The van der Waals surface area contributed by atoms with Gasteiger partial charge in [-0.15, -0.1) is 0 Å². The van der Waals surface area contributed by atoms with Crippen LogP contribution in [-0.2, 0) is 6.42 Å². The predicted molar refractivity (Wildman–Crippen MR) is 78.4 cm³/mol. The lowest BCUT2D eigenvalue weighted by molar-refractivity contribution is -0.0239. The van der Waals surface area contributed by atoms with Gasteiger partial charge in [0.15, 0.2) is 0 Å². The van der Waals surface area contributed by atoms with Crippen LogP contribution in [0, 0.1) is 11.8 Å². The van der Waals surface area contributed by atoms with Gasteiger partial charge in [-0.2, -0.15) is 0 Å². The molecule has 1 aromatic carbocycles. The van der Waals surface area contributed by atoms with Gasteiger partial charge in [0, 0.05) is 6.42 Å². The van der Waals surface area contributed by atoms with Crippen molar-refractivity contribution in [3.05, 3.63) is 29.8 Å². The van der Waals surface area contributed by atoms with Gasteiger partial charge in [0.2, 0.25) is 0 Å². The van der Waals surface area contributed by atoms with Gasteiger partial charge in [-0.1, -0.05) is 32.4 Å². The molecule has 0 radical (unpaired) electrons. The van der Waals surface area contributed by atoms with E-state index in [0.29, 0.717) is 11.8 Å². The monoisotopic (exact) mass is 262 g/mol. The van der Waals surface area contributed by atoms with Gasteiger partial charge in [0.05, 0.1) is 12.7 Å². The Morgan fingerprint density at radius 3 is 2.89 bits per heavy atom. The second-order valence-electron chi connectivity index (χ2n) is 6.35. The summed E-state index contributed by atoms with van der Waals surface area (Å²) in [6, 6.07) is 8.07. The minimum absolute atomic E-state index is 0.528. The van der Waals surface area contributed by atoms with Crippen molar-refractivity contribution in [1.29, 1.82) is 0 Å². The molecule has 0 aliphatic heterocycles. The molecule has 1 N–H and O–H groups in total. The van der Waals surface area contributed by atoms with Crippen LogP contribution in [0.2, 0.25) is 0 Å². The second kappa shape index (κ2) is 5.96. The van der Waals surface area contributed by atoms with E-state index >= 15 is 0 Å². The summed E-state index contributed by atoms with van der Waals surface area (Å²) in [6.07, 6.45) is 5.00. The molecule has 0 heterocycles. The highest BCUT2D eigenvalue weighted by atomic mass is 16.5. The summed E-state index contributed by atoms with van der Waals surface area (Å²) >= 11 is 0. The molecule has 0 amide bonds. The molecule has 1 fully saturated rings. The van der Waals surface area contributed by atoms with Crippen LogP contribution in [-0.4, -0.2) is 17.8 Å². The third-order valence-corrected chi connectivity index (χ3v) is 4.47. The van der Waals surface area contributed by atoms with Gasteiger partial charge in [-0.25, -0.2) is 0 Å². The fourth-order valence-electron chi connectivity index (χ4n) is 3.28. The van der Waals surface area contributed by atoms with Crippen LogP contribution in [0.3, 0.4) is 0 Å². The zero-order valence-corrected chi connectivity index (χ0v) is 12.4. The van der Waals surface area contributed by atoms with Crippen molar-refractivity contribution >= 4 is 0 Å². The zero-order valence-electron chi connectivity index (χ0n) is 12.4. The Bertz CT molecular complexity index is 413. The molecule has 2 unspecified atom stereocenters. The Morgan fingerprint density at radius 2 is 2.21 bits per heavy atom. The number of aliphatic hydroxyl groups is 1. The van der Waals surface area contributed by atoms with Crippen LogP contribution in [0.1, 0.15) is 45.1 Å². The Labute approximate surface area is 116 Å². The van der Waals surface area contributed by atoms with Crippen molar-refractivity contribution in [3.63, 3.8) is 0 Å². The molecule has 1 saturated carbocycles. The maximum atomic E-state index is 10.9. The van der Waals surface area contributed by atoms with E-state index in [9.17, 15) is 5.11 Å². The first-order valence-electron chi connectivity index (χ1n) is 7.38. The highest BCUT2D eigenvalue weighted by Gasteiger charge is 2.35. The number of ether oxygens (including phenoxy) is 1. The Kier molecular flexibility index (Phi) is 4.51. The lowest BCUT2D eigenvalue weighted by Crippen LogP contribution is -2.38. The van der Waals surface area contributed by atoms with Crippen molar-refractivity contribution in [1.82, 2.24) is 0 Å². The van der Waals surface area contributed by atoms with Crippen LogP contribution < -0.4 is 4.74 Å². The van der Waals surface area contributed by atoms with Gasteiger partial charge in [0.1, 0.15) is 5.75 Å². The van der Waals surface area contributed by atoms with E-state index in [1.807, 2.05) is 18.2 Å². The molecule has 1 aliphatic rings. The normalized spacial score (nSPS) is 27.5. The molecule has 1 aromatic rings. The standard InChI is InChI=1S/C17H26O2/c1-13(2)15-7-5-9-17(18,12-15)11-14-6-4-8-16(10-14)19-3/h4,6,8,10,13,15,18H,5,7,9,11-12H2,1-3H3. The van der Waals surface area contributed by atoms with E-state index in [-0.39, 0.29) is 0 Å². The average Bonchev–Trinajstić information content (AvgIpc) is 2.38. The zero-order chi connectivity index (χ0) is 13.9. The molecule has 2 rings (SSSR count). The highest BCUT2D eigenvalue weighted by molar-refractivity contribution is 5.29. The Balaban J connectivity index is 2.07. The maximum absolute atomic E-state index is 10.9. The lowest BCUT2D eigenvalue weighted by Gasteiger charge is -2.38. The van der Waals surface area contributed by atoms with Gasteiger partial charge in [-0.3, -0.25) is 0 Å². The summed E-state index contributed by atoms with van der Waals surface area (Å²) in [5.41, 5.74) is 0.644. The highest BCUT2D eigenvalue weighted by Crippen LogP contribution is 2.38. The van der Waals surface area contributed by atoms with Gasteiger partial charge in [0.25, 0.3) is 0 Å². The van der Waals surface area contributed by atoms with Crippen molar-refractivity contribution < 1.29 is 9.84 Å². The summed E-state index contributed by atoms with van der Waals surface area (Å²) in [6.45, 7) is 4.53. The predicted octanol–water partition coefficient (Wildman–Crippen LogP) is 3.82. The van der Waals surface area contributed by atoms with Gasteiger partial charge in [-0.05, 0) is 48.8 Å². The molecule has 106 valence electrons. The second-order valence-corrected chi connectivity index (χ2v) is 6.35. The first kappa shape index (κ1) is 14.4. The molecule has 2 heteroatoms. The topological polar surface area (TPSA) is 29.5 Å². The van der Waals surface area contributed by atoms with E-state index in [1.165, 1.54) is 12.0 Å². The SMILES string of the molecule is COc1cccc(CC2(O)CCCC(C(C)C)C2)c1. The molecule has 2 nitrogen and oxygen atoms in total. The van der Waals surface area contributed by atoms with Crippen molar-refractivity contribution in [2.24, 2.45) is 11.8 Å². The summed E-state index contributed by atoms with van der Waals surface area (Å²) in [7, 11) is 1.68. The molecule has 0 spiro atoms. The van der Waals surface area contributed by atoms with E-state index in [2.05, 4.69) is 19.9 Å². The molecule has 0 bridgehead atoms. The largest absolute Gasteiger partial charge is 0.497 e. The first-order chi connectivity index (χ1) is 9.02. The average molecular weight is 262 g/mol. The maximum Gasteiger partial charge on any atom is 0.119 e. The van der Waals surface area contributed by atoms with Crippen molar-refractivity contribution in [2.75, 3.05) is 7.11 Å². The molecule has 0 aromatic heterocycles. The third kappa shape index (κ3) is 3.73. The van der Waals surface area contributed by atoms with Crippen LogP contribution >= 0.6 is 0 Å². The molecule has 19 heavy (non-hydrogen) atoms. The Morgan fingerprint density at radius 1 is 1.42 bits per heavy atom. The van der Waals surface area contributed by atoms with E-state index in [0.717, 1.165) is 31.4 Å². The number of methoxy groups -OCH3 is 1. The number of rotatable bonds is 4. The lowest BCUT2D eigenvalue weighted by atomic mass is 9.71. The van der Waals surface area contributed by atoms with Crippen LogP contribution in [0.15, 0.2) is 24.3 Å². The van der Waals surface area contributed by atoms with Crippen LogP contribution in [0.5, 0.6) is 5.75 Å². The van der Waals surface area contributed by atoms with Gasteiger partial charge >= 0.3 is 0 Å². The molecule has 0 saturated heterocycles. The number of benzene rings is 1. The van der Waals surface area contributed by atoms with Crippen LogP contribution in [0.4, 0.5) is 0 Å². The summed E-state index contributed by atoms with van der Waals surface area (Å²) in [5.74, 6) is 2.19.